The van der Waals surface area contributed by atoms with E-state index in [4.69, 9.17) is 4.74 Å². The monoisotopic (exact) mass is 374 g/mol. The van der Waals surface area contributed by atoms with Crippen molar-refractivity contribution in [3.63, 3.8) is 0 Å². The van der Waals surface area contributed by atoms with Crippen LogP contribution in [0.15, 0.2) is 66.9 Å². The second-order valence-electron chi connectivity index (χ2n) is 7.43. The van der Waals surface area contributed by atoms with Gasteiger partial charge in [-0.2, -0.15) is 0 Å². The van der Waals surface area contributed by atoms with Crippen LogP contribution in [0.2, 0.25) is 0 Å². The molecule has 4 heteroatoms. The van der Waals surface area contributed by atoms with Crippen LogP contribution < -0.4 is 4.74 Å². The molecule has 2 aromatic carbocycles. The van der Waals surface area contributed by atoms with Crippen LogP contribution in [-0.4, -0.2) is 40.8 Å². The third kappa shape index (κ3) is 4.58. The zero-order chi connectivity index (χ0) is 19.3. The maximum atomic E-state index is 10.5. The molecule has 0 saturated heterocycles. The molecule has 0 aliphatic carbocycles. The third-order valence-electron chi connectivity index (χ3n) is 5.20. The van der Waals surface area contributed by atoms with Crippen LogP contribution >= 0.6 is 0 Å². The third-order valence-corrected chi connectivity index (χ3v) is 5.20. The van der Waals surface area contributed by atoms with Crippen molar-refractivity contribution < 1.29 is 9.84 Å². The Hall–Kier alpha value is -2.69. The lowest BCUT2D eigenvalue weighted by Crippen LogP contribution is -2.38. The summed E-state index contributed by atoms with van der Waals surface area (Å²) in [5.41, 5.74) is 5.91. The first kappa shape index (κ1) is 18.7. The van der Waals surface area contributed by atoms with Crippen molar-refractivity contribution >= 4 is 0 Å². The number of fused-ring (bicyclic) bond motifs is 1. The van der Waals surface area contributed by atoms with E-state index in [2.05, 4.69) is 40.2 Å². The smallest absolute Gasteiger partial charge is 0.120 e. The maximum Gasteiger partial charge on any atom is 0.120 e. The highest BCUT2D eigenvalue weighted by Gasteiger charge is 2.18. The summed E-state index contributed by atoms with van der Waals surface area (Å²) in [4.78, 5) is 6.65. The van der Waals surface area contributed by atoms with Gasteiger partial charge in [-0.1, -0.05) is 42.5 Å². The fourth-order valence-corrected chi connectivity index (χ4v) is 3.66. The van der Waals surface area contributed by atoms with Gasteiger partial charge in [0.2, 0.25) is 0 Å². The average molecular weight is 374 g/mol. The quantitative estimate of drug-likeness (QED) is 0.712. The molecule has 0 amide bonds. The van der Waals surface area contributed by atoms with Crippen molar-refractivity contribution in [3.05, 3.63) is 83.7 Å². The number of aryl methyl sites for hydroxylation is 1. The number of hydrogen-bond donors (Lipinski definition) is 1. The molecule has 3 aromatic rings. The van der Waals surface area contributed by atoms with Gasteiger partial charge in [0.1, 0.15) is 18.5 Å². The van der Waals surface area contributed by atoms with Gasteiger partial charge in [-0.15, -0.1) is 0 Å². The average Bonchev–Trinajstić information content (AvgIpc) is 2.73. The van der Waals surface area contributed by atoms with E-state index in [0.29, 0.717) is 6.54 Å². The van der Waals surface area contributed by atoms with Gasteiger partial charge >= 0.3 is 0 Å². The van der Waals surface area contributed by atoms with E-state index < -0.39 is 6.10 Å². The number of benzene rings is 2. The molecular weight excluding hydrogens is 348 g/mol. The predicted molar refractivity (Wildman–Crippen MR) is 111 cm³/mol. The minimum Gasteiger partial charge on any atom is -0.491 e. The molecule has 1 N–H and O–H groups in total. The van der Waals surface area contributed by atoms with Crippen molar-refractivity contribution in [1.82, 2.24) is 9.88 Å². The summed E-state index contributed by atoms with van der Waals surface area (Å²) in [6, 6.07) is 20.5. The normalized spacial score (nSPS) is 15.1. The summed E-state index contributed by atoms with van der Waals surface area (Å²) in [6.07, 6.45) is 2.39. The van der Waals surface area contributed by atoms with Crippen LogP contribution in [0, 0.1) is 6.92 Å². The van der Waals surface area contributed by atoms with Crippen LogP contribution in [0.1, 0.15) is 16.8 Å². The number of aromatic nitrogens is 1. The first-order valence-corrected chi connectivity index (χ1v) is 9.80. The van der Waals surface area contributed by atoms with E-state index in [-0.39, 0.29) is 6.61 Å². The summed E-state index contributed by atoms with van der Waals surface area (Å²) >= 11 is 0. The second kappa shape index (κ2) is 8.55. The van der Waals surface area contributed by atoms with Crippen LogP contribution in [0.25, 0.3) is 11.1 Å². The molecule has 0 spiro atoms. The van der Waals surface area contributed by atoms with Gasteiger partial charge in [0.05, 0.1) is 0 Å². The molecule has 28 heavy (non-hydrogen) atoms. The summed E-state index contributed by atoms with van der Waals surface area (Å²) < 4.78 is 5.87. The number of rotatable bonds is 6. The molecule has 1 atom stereocenters. The Morgan fingerprint density at radius 2 is 1.89 bits per heavy atom. The van der Waals surface area contributed by atoms with Gasteiger partial charge in [0.25, 0.3) is 0 Å². The Morgan fingerprint density at radius 3 is 2.71 bits per heavy atom. The number of β-amino-alcohol motifs (C(OH)–C–C–N with tert-alkyl or cyclic N) is 1. The van der Waals surface area contributed by atoms with Crippen LogP contribution in [0.4, 0.5) is 0 Å². The molecule has 0 radical (unpaired) electrons. The van der Waals surface area contributed by atoms with E-state index in [1.807, 2.05) is 43.5 Å². The molecule has 1 unspecified atom stereocenters. The highest BCUT2D eigenvalue weighted by Crippen LogP contribution is 2.24. The second-order valence-corrected chi connectivity index (χ2v) is 7.43. The number of nitrogens with zero attached hydrogens (tertiary/aromatic N) is 2. The fraction of sp³-hybridized carbons (Fsp3) is 0.292. The lowest BCUT2D eigenvalue weighted by Gasteiger charge is -2.30. The number of aliphatic hydroxyl groups is 1. The molecule has 144 valence electrons. The van der Waals surface area contributed by atoms with Crippen molar-refractivity contribution in [2.24, 2.45) is 0 Å². The van der Waals surface area contributed by atoms with Crippen molar-refractivity contribution in [2.45, 2.75) is 26.0 Å². The van der Waals surface area contributed by atoms with Crippen LogP contribution in [0.5, 0.6) is 5.75 Å². The van der Waals surface area contributed by atoms with Gasteiger partial charge in [-0.05, 0) is 48.2 Å². The Kier molecular flexibility index (Phi) is 5.70. The Balaban J connectivity index is 1.32. The zero-order valence-corrected chi connectivity index (χ0v) is 16.2. The highest BCUT2D eigenvalue weighted by atomic mass is 16.5. The molecular formula is C24H26N2O2. The number of hydrogen-bond acceptors (Lipinski definition) is 4. The first-order valence-electron chi connectivity index (χ1n) is 9.80. The molecule has 1 aliphatic rings. The summed E-state index contributed by atoms with van der Waals surface area (Å²) in [7, 11) is 0. The highest BCUT2D eigenvalue weighted by molar-refractivity contribution is 5.64. The Morgan fingerprint density at radius 1 is 1.04 bits per heavy atom. The van der Waals surface area contributed by atoms with E-state index >= 15 is 0 Å². The molecule has 1 aromatic heterocycles. The number of aliphatic hydroxyl groups excluding tert-OH is 1. The minimum atomic E-state index is -0.519. The van der Waals surface area contributed by atoms with Crippen molar-refractivity contribution in [2.75, 3.05) is 19.7 Å². The Bertz CT molecular complexity index is 924. The lowest BCUT2D eigenvalue weighted by atomic mass is 10.00. The van der Waals surface area contributed by atoms with Gasteiger partial charge in [0, 0.05) is 37.1 Å². The molecule has 0 saturated carbocycles. The molecule has 0 fully saturated rings. The molecule has 4 rings (SSSR count). The predicted octanol–water partition coefficient (Wildman–Crippen LogP) is 3.86. The molecule has 4 nitrogen and oxygen atoms in total. The standard InChI is InChI=1S/C24H26N2O2/c1-18-9-10-21(14-25-18)20-7-4-8-24(13-20)28-17-23(27)16-26-12-11-19-5-2-3-6-22(19)15-26/h2-10,13-14,23,27H,11-12,15-17H2,1H3. The van der Waals surface area contributed by atoms with Gasteiger partial charge in [-0.25, -0.2) is 0 Å². The van der Waals surface area contributed by atoms with E-state index in [1.54, 1.807) is 0 Å². The fourth-order valence-electron chi connectivity index (χ4n) is 3.66. The molecule has 0 bridgehead atoms. The van der Waals surface area contributed by atoms with E-state index in [0.717, 1.165) is 42.1 Å². The molecule has 1 aliphatic heterocycles. The zero-order valence-electron chi connectivity index (χ0n) is 16.2. The van der Waals surface area contributed by atoms with Crippen LogP contribution in [0.3, 0.4) is 0 Å². The SMILES string of the molecule is Cc1ccc(-c2cccc(OCC(O)CN3CCc4ccccc4C3)c2)cn1. The number of ether oxygens (including phenoxy) is 1. The van der Waals surface area contributed by atoms with Gasteiger partial charge < -0.3 is 9.84 Å². The van der Waals surface area contributed by atoms with Crippen LogP contribution in [-0.2, 0) is 13.0 Å². The molecule has 2 heterocycles. The van der Waals surface area contributed by atoms with Crippen molar-refractivity contribution in [3.8, 4) is 16.9 Å². The maximum absolute atomic E-state index is 10.5. The van der Waals surface area contributed by atoms with Gasteiger partial charge in [0.15, 0.2) is 0 Å². The lowest BCUT2D eigenvalue weighted by molar-refractivity contribution is 0.0638. The van der Waals surface area contributed by atoms with Crippen molar-refractivity contribution in [1.29, 1.82) is 0 Å². The largest absolute Gasteiger partial charge is 0.491 e. The van der Waals surface area contributed by atoms with E-state index in [1.165, 1.54) is 11.1 Å². The minimum absolute atomic E-state index is 0.285. The Labute approximate surface area is 166 Å². The first-order chi connectivity index (χ1) is 13.7. The number of pyridine rings is 1. The summed E-state index contributed by atoms with van der Waals surface area (Å²) in [6.45, 7) is 4.75. The summed E-state index contributed by atoms with van der Waals surface area (Å²) in [5, 5.41) is 10.5. The summed E-state index contributed by atoms with van der Waals surface area (Å²) in [5.74, 6) is 0.765. The topological polar surface area (TPSA) is 45.6 Å². The van der Waals surface area contributed by atoms with E-state index in [9.17, 15) is 5.11 Å². The van der Waals surface area contributed by atoms with Gasteiger partial charge in [-0.3, -0.25) is 9.88 Å².